The van der Waals surface area contributed by atoms with Gasteiger partial charge in [0.1, 0.15) is 0 Å². The van der Waals surface area contributed by atoms with Crippen LogP contribution in [0.3, 0.4) is 0 Å². The summed E-state index contributed by atoms with van der Waals surface area (Å²) in [6.45, 7) is 7.30. The van der Waals surface area contributed by atoms with Crippen LogP contribution in [-0.2, 0) is 10.0 Å². The molecule has 2 unspecified atom stereocenters. The number of sulfonamides is 1. The minimum Gasteiger partial charge on any atom is -0.333 e. The zero-order valence-corrected chi connectivity index (χ0v) is 17.8. The largest absolute Gasteiger partial charge is 0.333 e. The predicted octanol–water partition coefficient (Wildman–Crippen LogP) is 3.04. The van der Waals surface area contributed by atoms with Gasteiger partial charge in [0, 0.05) is 30.7 Å². The SMILES string of the molecule is Cc1ccccc1NS(=O)(=O)c1ccc(C(=O)N2CCNC(C)C2C)cc1.Cl. The van der Waals surface area contributed by atoms with E-state index in [0.717, 1.165) is 12.1 Å². The fraction of sp³-hybridized carbons (Fsp3) is 0.350. The van der Waals surface area contributed by atoms with Gasteiger partial charge in [-0.2, -0.15) is 0 Å². The average Bonchev–Trinajstić information content (AvgIpc) is 2.65. The minimum absolute atomic E-state index is 0. The number of para-hydroxylation sites is 1. The molecular weight excluding hydrogens is 398 g/mol. The Kier molecular flexibility index (Phi) is 7.09. The number of aryl methyl sites for hydroxylation is 1. The highest BCUT2D eigenvalue weighted by atomic mass is 35.5. The normalized spacial score (nSPS) is 19.6. The van der Waals surface area contributed by atoms with E-state index in [-0.39, 0.29) is 35.3 Å². The maximum absolute atomic E-state index is 12.8. The molecule has 1 fully saturated rings. The predicted molar refractivity (Wildman–Crippen MR) is 114 cm³/mol. The molecule has 0 aliphatic carbocycles. The van der Waals surface area contributed by atoms with E-state index < -0.39 is 10.0 Å². The van der Waals surface area contributed by atoms with Gasteiger partial charge in [0.2, 0.25) is 0 Å². The Balaban J connectivity index is 0.00000280. The molecule has 1 aliphatic rings. The van der Waals surface area contributed by atoms with Crippen LogP contribution in [-0.4, -0.2) is 44.4 Å². The summed E-state index contributed by atoms with van der Waals surface area (Å²) in [5.41, 5.74) is 1.88. The molecule has 0 saturated carbocycles. The number of carbonyl (C=O) groups excluding carboxylic acids is 1. The first-order valence-electron chi connectivity index (χ1n) is 9.02. The number of amides is 1. The van der Waals surface area contributed by atoms with Gasteiger partial charge in [0.05, 0.1) is 10.6 Å². The fourth-order valence-corrected chi connectivity index (χ4v) is 4.31. The number of rotatable bonds is 4. The van der Waals surface area contributed by atoms with Crippen molar-refractivity contribution in [2.75, 3.05) is 17.8 Å². The Morgan fingerprint density at radius 3 is 2.39 bits per heavy atom. The van der Waals surface area contributed by atoms with Crippen LogP contribution in [0.15, 0.2) is 53.4 Å². The second-order valence-electron chi connectivity index (χ2n) is 6.93. The van der Waals surface area contributed by atoms with E-state index in [1.165, 1.54) is 12.1 Å². The molecule has 8 heteroatoms. The molecule has 0 radical (unpaired) electrons. The summed E-state index contributed by atoms with van der Waals surface area (Å²) in [4.78, 5) is 14.7. The molecular formula is C20H26ClN3O3S. The van der Waals surface area contributed by atoms with Crippen LogP contribution in [0.4, 0.5) is 5.69 Å². The third-order valence-electron chi connectivity index (χ3n) is 5.10. The van der Waals surface area contributed by atoms with Crippen LogP contribution in [0.5, 0.6) is 0 Å². The quantitative estimate of drug-likeness (QED) is 0.792. The smallest absolute Gasteiger partial charge is 0.261 e. The van der Waals surface area contributed by atoms with Crippen molar-refractivity contribution in [3.05, 3.63) is 59.7 Å². The summed E-state index contributed by atoms with van der Waals surface area (Å²) in [5, 5.41) is 3.34. The standard InChI is InChI=1S/C20H25N3O3S.ClH/c1-14-6-4-5-7-19(14)22-27(25,26)18-10-8-17(9-11-18)20(24)23-13-12-21-15(2)16(23)3;/h4-11,15-16,21-22H,12-13H2,1-3H3;1H. The van der Waals surface area contributed by atoms with E-state index in [2.05, 4.69) is 17.0 Å². The zero-order valence-electron chi connectivity index (χ0n) is 16.2. The molecule has 2 aromatic rings. The van der Waals surface area contributed by atoms with Gasteiger partial charge in [-0.1, -0.05) is 18.2 Å². The van der Waals surface area contributed by atoms with Crippen molar-refractivity contribution in [3.63, 3.8) is 0 Å². The molecule has 0 aromatic heterocycles. The number of carbonyl (C=O) groups is 1. The van der Waals surface area contributed by atoms with Gasteiger partial charge in [0.25, 0.3) is 15.9 Å². The Bertz CT molecular complexity index is 932. The summed E-state index contributed by atoms with van der Waals surface area (Å²) in [7, 11) is -3.71. The van der Waals surface area contributed by atoms with E-state index >= 15 is 0 Å². The number of nitrogens with one attached hydrogen (secondary N) is 2. The summed E-state index contributed by atoms with van der Waals surface area (Å²) in [6, 6.07) is 13.6. The molecule has 2 N–H and O–H groups in total. The van der Waals surface area contributed by atoms with Crippen LogP contribution in [0, 0.1) is 6.92 Å². The first kappa shape index (κ1) is 22.2. The van der Waals surface area contributed by atoms with Crippen LogP contribution in [0.2, 0.25) is 0 Å². The summed E-state index contributed by atoms with van der Waals surface area (Å²) < 4.78 is 27.8. The Morgan fingerprint density at radius 1 is 1.11 bits per heavy atom. The average molecular weight is 424 g/mol. The Hall–Kier alpha value is -2.09. The van der Waals surface area contributed by atoms with Crippen LogP contribution in [0.25, 0.3) is 0 Å². The Labute approximate surface area is 172 Å². The number of piperazine rings is 1. The lowest BCUT2D eigenvalue weighted by Gasteiger charge is -2.38. The van der Waals surface area contributed by atoms with Crippen molar-refractivity contribution >= 4 is 34.0 Å². The molecule has 2 atom stereocenters. The molecule has 28 heavy (non-hydrogen) atoms. The number of anilines is 1. The molecule has 152 valence electrons. The topological polar surface area (TPSA) is 78.5 Å². The van der Waals surface area contributed by atoms with Crippen LogP contribution >= 0.6 is 12.4 Å². The Morgan fingerprint density at radius 2 is 1.75 bits per heavy atom. The second kappa shape index (κ2) is 8.94. The van der Waals surface area contributed by atoms with Gasteiger partial charge in [-0.25, -0.2) is 8.42 Å². The minimum atomic E-state index is -3.71. The van der Waals surface area contributed by atoms with Crippen molar-refractivity contribution in [3.8, 4) is 0 Å². The highest BCUT2D eigenvalue weighted by Gasteiger charge is 2.29. The van der Waals surface area contributed by atoms with E-state index in [1.807, 2.05) is 30.9 Å². The van der Waals surface area contributed by atoms with Gasteiger partial charge < -0.3 is 10.2 Å². The molecule has 6 nitrogen and oxygen atoms in total. The molecule has 0 bridgehead atoms. The maximum Gasteiger partial charge on any atom is 0.261 e. The third-order valence-corrected chi connectivity index (χ3v) is 6.48. The molecule has 1 amide bonds. The van der Waals surface area contributed by atoms with Crippen molar-refractivity contribution in [1.29, 1.82) is 0 Å². The molecule has 1 saturated heterocycles. The van der Waals surface area contributed by atoms with E-state index in [4.69, 9.17) is 0 Å². The van der Waals surface area contributed by atoms with Gasteiger partial charge in [-0.3, -0.25) is 9.52 Å². The van der Waals surface area contributed by atoms with Crippen LogP contribution < -0.4 is 10.0 Å². The lowest BCUT2D eigenvalue weighted by molar-refractivity contribution is 0.0603. The lowest BCUT2D eigenvalue weighted by atomic mass is 10.1. The van der Waals surface area contributed by atoms with E-state index in [0.29, 0.717) is 17.8 Å². The number of benzene rings is 2. The summed E-state index contributed by atoms with van der Waals surface area (Å²) >= 11 is 0. The molecule has 2 aromatic carbocycles. The maximum atomic E-state index is 12.8. The number of halogens is 1. The number of nitrogens with zero attached hydrogens (tertiary/aromatic N) is 1. The van der Waals surface area contributed by atoms with Crippen molar-refractivity contribution in [2.24, 2.45) is 0 Å². The van der Waals surface area contributed by atoms with Crippen molar-refractivity contribution < 1.29 is 13.2 Å². The fourth-order valence-electron chi connectivity index (χ4n) is 3.18. The van der Waals surface area contributed by atoms with E-state index in [9.17, 15) is 13.2 Å². The zero-order chi connectivity index (χ0) is 19.6. The number of hydrogen-bond donors (Lipinski definition) is 2. The monoisotopic (exact) mass is 423 g/mol. The number of hydrogen-bond acceptors (Lipinski definition) is 4. The van der Waals surface area contributed by atoms with Crippen molar-refractivity contribution in [1.82, 2.24) is 10.2 Å². The molecule has 3 rings (SSSR count). The molecule has 0 spiro atoms. The molecule has 1 aliphatic heterocycles. The van der Waals surface area contributed by atoms with Gasteiger partial charge in [-0.15, -0.1) is 12.4 Å². The van der Waals surface area contributed by atoms with Crippen molar-refractivity contribution in [2.45, 2.75) is 37.8 Å². The summed E-state index contributed by atoms with van der Waals surface area (Å²) in [6.07, 6.45) is 0. The van der Waals surface area contributed by atoms with Gasteiger partial charge in [0.15, 0.2) is 0 Å². The highest BCUT2D eigenvalue weighted by molar-refractivity contribution is 7.92. The first-order chi connectivity index (χ1) is 12.8. The third kappa shape index (κ3) is 4.66. The summed E-state index contributed by atoms with van der Waals surface area (Å²) in [5.74, 6) is -0.0772. The highest BCUT2D eigenvalue weighted by Crippen LogP contribution is 2.21. The van der Waals surface area contributed by atoms with E-state index in [1.54, 1.807) is 24.3 Å². The second-order valence-corrected chi connectivity index (χ2v) is 8.61. The van der Waals surface area contributed by atoms with Gasteiger partial charge >= 0.3 is 0 Å². The lowest BCUT2D eigenvalue weighted by Crippen LogP contribution is -2.57. The van der Waals surface area contributed by atoms with Gasteiger partial charge in [-0.05, 0) is 56.7 Å². The molecule has 1 heterocycles. The van der Waals surface area contributed by atoms with Crippen LogP contribution in [0.1, 0.15) is 29.8 Å². The first-order valence-corrected chi connectivity index (χ1v) is 10.5.